The minimum atomic E-state index is -0.138. The molecule has 0 aromatic heterocycles. The van der Waals surface area contributed by atoms with Gasteiger partial charge in [0.15, 0.2) is 0 Å². The fourth-order valence-corrected chi connectivity index (χ4v) is 1.77. The van der Waals surface area contributed by atoms with E-state index in [4.69, 9.17) is 15.2 Å². The molecule has 1 fully saturated rings. The molecular weight excluding hydrogens is 156 g/mol. The van der Waals surface area contributed by atoms with Crippen molar-refractivity contribution in [1.29, 1.82) is 0 Å². The van der Waals surface area contributed by atoms with Crippen LogP contribution in [-0.4, -0.2) is 31.4 Å². The molecule has 2 N–H and O–H groups in total. The van der Waals surface area contributed by atoms with Gasteiger partial charge in [-0.2, -0.15) is 0 Å². The number of rotatable bonds is 1. The molecule has 0 aliphatic carbocycles. The Hall–Kier alpha value is -0.770. The number of amidine groups is 1. The van der Waals surface area contributed by atoms with Crippen molar-refractivity contribution in [2.45, 2.75) is 18.9 Å². The third kappa shape index (κ3) is 1.16. The zero-order valence-electron chi connectivity index (χ0n) is 7.25. The second-order valence-electron chi connectivity index (χ2n) is 3.66. The first-order valence-corrected chi connectivity index (χ1v) is 4.26. The van der Waals surface area contributed by atoms with E-state index in [9.17, 15) is 0 Å². The van der Waals surface area contributed by atoms with Crippen molar-refractivity contribution < 1.29 is 9.47 Å². The number of hydrogen-bond donors (Lipinski definition) is 1. The van der Waals surface area contributed by atoms with Crippen LogP contribution in [0.3, 0.4) is 0 Å². The van der Waals surface area contributed by atoms with Gasteiger partial charge in [0.25, 0.3) is 6.02 Å². The summed E-state index contributed by atoms with van der Waals surface area (Å²) in [6.45, 7) is 4.31. The highest BCUT2D eigenvalue weighted by Gasteiger charge is 2.40. The maximum absolute atomic E-state index is 5.46. The Labute approximate surface area is 71.7 Å². The van der Waals surface area contributed by atoms with Crippen molar-refractivity contribution >= 4 is 6.02 Å². The van der Waals surface area contributed by atoms with Crippen LogP contribution in [0.1, 0.15) is 13.3 Å². The molecule has 0 spiro atoms. The number of nitrogens with zero attached hydrogens (tertiary/aromatic N) is 1. The summed E-state index contributed by atoms with van der Waals surface area (Å²) >= 11 is 0. The smallest absolute Gasteiger partial charge is 0.282 e. The molecule has 2 aliphatic rings. The van der Waals surface area contributed by atoms with Crippen molar-refractivity contribution in [2.75, 3.05) is 19.8 Å². The zero-order chi connectivity index (χ0) is 8.60. The topological polar surface area (TPSA) is 56.8 Å². The highest BCUT2D eigenvalue weighted by Crippen LogP contribution is 2.32. The van der Waals surface area contributed by atoms with E-state index in [1.165, 1.54) is 0 Å². The van der Waals surface area contributed by atoms with Gasteiger partial charge in [-0.1, -0.05) is 0 Å². The largest absolute Gasteiger partial charge is 0.463 e. The van der Waals surface area contributed by atoms with Gasteiger partial charge in [-0.15, -0.1) is 0 Å². The lowest BCUT2D eigenvalue weighted by Gasteiger charge is -2.24. The zero-order valence-corrected chi connectivity index (χ0v) is 7.25. The standard InChI is InChI=1S/C8H14N2O2/c1-8(5-12-7(9)10-8)6-2-3-11-4-6/h6H,2-5H2,1H3,(H2,9,10). The molecule has 0 amide bonds. The highest BCUT2D eigenvalue weighted by atomic mass is 16.5. The Morgan fingerprint density at radius 3 is 3.00 bits per heavy atom. The fraction of sp³-hybridized carbons (Fsp3) is 0.875. The SMILES string of the molecule is CC1(C2CCOC2)COC(N)=N1. The van der Waals surface area contributed by atoms with E-state index in [0.717, 1.165) is 19.6 Å². The number of nitrogens with two attached hydrogens (primary N) is 1. The van der Waals surface area contributed by atoms with Crippen LogP contribution in [0.2, 0.25) is 0 Å². The molecule has 0 saturated carbocycles. The van der Waals surface area contributed by atoms with Crippen molar-refractivity contribution in [3.05, 3.63) is 0 Å². The van der Waals surface area contributed by atoms with Gasteiger partial charge in [-0.3, -0.25) is 0 Å². The van der Waals surface area contributed by atoms with E-state index >= 15 is 0 Å². The van der Waals surface area contributed by atoms with E-state index in [2.05, 4.69) is 11.9 Å². The molecule has 0 aromatic carbocycles. The van der Waals surface area contributed by atoms with Gasteiger partial charge in [0.2, 0.25) is 0 Å². The molecule has 2 atom stereocenters. The molecule has 0 bridgehead atoms. The van der Waals surface area contributed by atoms with Gasteiger partial charge in [-0.05, 0) is 13.3 Å². The predicted octanol–water partition coefficient (Wildman–Crippen LogP) is 0.126. The van der Waals surface area contributed by atoms with E-state index < -0.39 is 0 Å². The summed E-state index contributed by atoms with van der Waals surface area (Å²) in [4.78, 5) is 4.29. The van der Waals surface area contributed by atoms with Crippen LogP contribution in [0.25, 0.3) is 0 Å². The van der Waals surface area contributed by atoms with Crippen molar-refractivity contribution in [1.82, 2.24) is 0 Å². The Morgan fingerprint density at radius 2 is 2.50 bits per heavy atom. The molecule has 0 aromatic rings. The summed E-state index contributed by atoms with van der Waals surface area (Å²) in [7, 11) is 0. The molecule has 68 valence electrons. The highest BCUT2D eigenvalue weighted by molar-refractivity contribution is 5.73. The lowest BCUT2D eigenvalue weighted by molar-refractivity contribution is 0.151. The van der Waals surface area contributed by atoms with Gasteiger partial charge in [0.1, 0.15) is 12.1 Å². The molecule has 4 nitrogen and oxygen atoms in total. The van der Waals surface area contributed by atoms with Crippen LogP contribution in [0.4, 0.5) is 0 Å². The van der Waals surface area contributed by atoms with Crippen molar-refractivity contribution in [3.63, 3.8) is 0 Å². The van der Waals surface area contributed by atoms with Crippen molar-refractivity contribution in [3.8, 4) is 0 Å². The van der Waals surface area contributed by atoms with E-state index in [-0.39, 0.29) is 5.54 Å². The summed E-state index contributed by atoms with van der Waals surface area (Å²) in [6, 6.07) is 0.324. The number of ether oxygens (including phenoxy) is 2. The molecular formula is C8H14N2O2. The van der Waals surface area contributed by atoms with Crippen molar-refractivity contribution in [2.24, 2.45) is 16.6 Å². The second kappa shape index (κ2) is 2.62. The molecule has 1 saturated heterocycles. The first-order valence-electron chi connectivity index (χ1n) is 4.26. The quantitative estimate of drug-likeness (QED) is 0.608. The van der Waals surface area contributed by atoms with E-state index in [0.29, 0.717) is 18.5 Å². The number of aliphatic imine (C=N–C) groups is 1. The van der Waals surface area contributed by atoms with Gasteiger partial charge in [-0.25, -0.2) is 4.99 Å². The molecule has 2 rings (SSSR count). The van der Waals surface area contributed by atoms with Crippen LogP contribution >= 0.6 is 0 Å². The van der Waals surface area contributed by atoms with Gasteiger partial charge in [0, 0.05) is 12.5 Å². The second-order valence-corrected chi connectivity index (χ2v) is 3.66. The van der Waals surface area contributed by atoms with Gasteiger partial charge >= 0.3 is 0 Å². The third-order valence-electron chi connectivity index (χ3n) is 2.69. The Balaban J connectivity index is 2.10. The first kappa shape index (κ1) is 7.86. The molecule has 2 unspecified atom stereocenters. The maximum atomic E-state index is 5.46. The lowest BCUT2D eigenvalue weighted by Crippen LogP contribution is -2.34. The molecule has 0 radical (unpaired) electrons. The first-order chi connectivity index (χ1) is 5.71. The summed E-state index contributed by atoms with van der Waals surface area (Å²) in [6.07, 6.45) is 1.07. The maximum Gasteiger partial charge on any atom is 0.282 e. The summed E-state index contributed by atoms with van der Waals surface area (Å²) in [5.41, 5.74) is 5.33. The van der Waals surface area contributed by atoms with Crippen LogP contribution in [0.5, 0.6) is 0 Å². The lowest BCUT2D eigenvalue weighted by atomic mass is 9.87. The van der Waals surface area contributed by atoms with Crippen LogP contribution in [0.15, 0.2) is 4.99 Å². The Kier molecular flexibility index (Phi) is 1.72. The monoisotopic (exact) mass is 170 g/mol. The molecule has 2 heterocycles. The average Bonchev–Trinajstić information content (AvgIpc) is 2.59. The molecule has 4 heteroatoms. The summed E-state index contributed by atoms with van der Waals surface area (Å²) < 4.78 is 10.5. The van der Waals surface area contributed by atoms with Gasteiger partial charge in [0.05, 0.1) is 6.61 Å². The normalized spacial score (nSPS) is 41.1. The fourth-order valence-electron chi connectivity index (χ4n) is 1.77. The molecule has 2 aliphatic heterocycles. The number of hydrogen-bond acceptors (Lipinski definition) is 4. The van der Waals surface area contributed by atoms with E-state index in [1.807, 2.05) is 0 Å². The minimum absolute atomic E-state index is 0.138. The third-order valence-corrected chi connectivity index (χ3v) is 2.69. The van der Waals surface area contributed by atoms with Crippen LogP contribution in [-0.2, 0) is 9.47 Å². The average molecular weight is 170 g/mol. The summed E-state index contributed by atoms with van der Waals surface area (Å²) in [5.74, 6) is 0.471. The Bertz CT molecular complexity index is 211. The Morgan fingerprint density at radius 1 is 1.67 bits per heavy atom. The summed E-state index contributed by atoms with van der Waals surface area (Å²) in [5, 5.41) is 0. The van der Waals surface area contributed by atoms with Crippen LogP contribution < -0.4 is 5.73 Å². The predicted molar refractivity (Wildman–Crippen MR) is 44.9 cm³/mol. The van der Waals surface area contributed by atoms with Crippen LogP contribution in [0, 0.1) is 5.92 Å². The van der Waals surface area contributed by atoms with Gasteiger partial charge < -0.3 is 15.2 Å². The molecule has 12 heavy (non-hydrogen) atoms. The minimum Gasteiger partial charge on any atom is -0.463 e. The van der Waals surface area contributed by atoms with E-state index in [1.54, 1.807) is 0 Å².